The van der Waals surface area contributed by atoms with Gasteiger partial charge in [-0.25, -0.2) is 8.42 Å². The van der Waals surface area contributed by atoms with Gasteiger partial charge in [0.2, 0.25) is 0 Å². The highest BCUT2D eigenvalue weighted by Crippen LogP contribution is 2.34. The van der Waals surface area contributed by atoms with Crippen LogP contribution in [0.4, 0.5) is 5.69 Å². The van der Waals surface area contributed by atoms with Crippen LogP contribution >= 0.6 is 0 Å². The predicted octanol–water partition coefficient (Wildman–Crippen LogP) is 4.10. The first-order valence-electron chi connectivity index (χ1n) is 8.42. The second-order valence-electron chi connectivity index (χ2n) is 6.35. The number of methoxy groups -OCH3 is 1. The normalized spacial score (nSPS) is 11.4. The third-order valence-electron chi connectivity index (χ3n) is 4.61. The third-order valence-corrected chi connectivity index (χ3v) is 6.41. The van der Waals surface area contributed by atoms with Gasteiger partial charge in [-0.05, 0) is 68.3 Å². The van der Waals surface area contributed by atoms with Gasteiger partial charge >= 0.3 is 0 Å². The molecular formula is C20H22N2O4S. The van der Waals surface area contributed by atoms with Crippen molar-refractivity contribution < 1.29 is 17.7 Å². The van der Waals surface area contributed by atoms with Crippen molar-refractivity contribution in [3.05, 3.63) is 59.5 Å². The number of aryl methyl sites for hydroxylation is 3. The number of anilines is 1. The molecule has 1 heterocycles. The molecule has 6 nitrogen and oxygen atoms in total. The first kappa shape index (κ1) is 19.0. The molecule has 0 radical (unpaired) electrons. The van der Waals surface area contributed by atoms with Crippen LogP contribution in [0.5, 0.6) is 5.75 Å². The van der Waals surface area contributed by atoms with E-state index in [0.717, 1.165) is 22.4 Å². The lowest BCUT2D eigenvalue weighted by Crippen LogP contribution is -2.26. The third kappa shape index (κ3) is 3.42. The molecule has 0 unspecified atom stereocenters. The van der Waals surface area contributed by atoms with Crippen LogP contribution in [0.25, 0.3) is 11.1 Å². The molecule has 0 atom stereocenters. The van der Waals surface area contributed by atoms with E-state index in [2.05, 4.69) is 5.16 Å². The largest absolute Gasteiger partial charge is 0.497 e. The molecule has 0 amide bonds. The molecule has 142 valence electrons. The van der Waals surface area contributed by atoms with Crippen molar-refractivity contribution in [1.29, 1.82) is 0 Å². The van der Waals surface area contributed by atoms with Crippen molar-refractivity contribution in [2.75, 3.05) is 18.5 Å². The molecule has 0 aliphatic rings. The van der Waals surface area contributed by atoms with Crippen LogP contribution < -0.4 is 9.04 Å². The quantitative estimate of drug-likeness (QED) is 0.660. The monoisotopic (exact) mass is 386 g/mol. The minimum Gasteiger partial charge on any atom is -0.497 e. The molecule has 0 saturated carbocycles. The number of aromatic nitrogens is 1. The minimum absolute atomic E-state index is 0.199. The maximum atomic E-state index is 13.0. The first-order chi connectivity index (χ1) is 12.8. The molecular weight excluding hydrogens is 364 g/mol. The summed E-state index contributed by atoms with van der Waals surface area (Å²) in [5.74, 6) is 1.31. The van der Waals surface area contributed by atoms with Crippen LogP contribution in [0.1, 0.15) is 17.0 Å². The van der Waals surface area contributed by atoms with E-state index >= 15 is 0 Å². The van der Waals surface area contributed by atoms with Gasteiger partial charge in [0.1, 0.15) is 11.5 Å². The van der Waals surface area contributed by atoms with Crippen LogP contribution in [0.2, 0.25) is 0 Å². The Morgan fingerprint density at radius 2 is 1.70 bits per heavy atom. The molecule has 3 rings (SSSR count). The fourth-order valence-corrected chi connectivity index (χ4v) is 4.17. The minimum atomic E-state index is -3.70. The molecule has 0 aliphatic heterocycles. The number of nitrogens with zero attached hydrogens (tertiary/aromatic N) is 2. The molecule has 0 spiro atoms. The molecule has 0 saturated heterocycles. The van der Waals surface area contributed by atoms with E-state index in [1.165, 1.54) is 23.5 Å². The van der Waals surface area contributed by atoms with E-state index in [4.69, 9.17) is 9.26 Å². The van der Waals surface area contributed by atoms with Crippen LogP contribution in [-0.2, 0) is 10.0 Å². The van der Waals surface area contributed by atoms with Gasteiger partial charge in [0.15, 0.2) is 0 Å². The van der Waals surface area contributed by atoms with Gasteiger partial charge in [0, 0.05) is 12.6 Å². The summed E-state index contributed by atoms with van der Waals surface area (Å²) in [6.45, 7) is 5.69. The topological polar surface area (TPSA) is 72.6 Å². The lowest BCUT2D eigenvalue weighted by atomic mass is 9.98. The highest BCUT2D eigenvalue weighted by atomic mass is 32.2. The summed E-state index contributed by atoms with van der Waals surface area (Å²) in [5.41, 5.74) is 4.15. The summed E-state index contributed by atoms with van der Waals surface area (Å²) in [6, 6.07) is 11.9. The zero-order valence-electron chi connectivity index (χ0n) is 16.0. The van der Waals surface area contributed by atoms with Crippen molar-refractivity contribution in [2.45, 2.75) is 25.7 Å². The van der Waals surface area contributed by atoms with E-state index < -0.39 is 10.0 Å². The van der Waals surface area contributed by atoms with Gasteiger partial charge in [-0.15, -0.1) is 0 Å². The highest BCUT2D eigenvalue weighted by Gasteiger charge is 2.23. The van der Waals surface area contributed by atoms with E-state index in [1.54, 1.807) is 25.2 Å². The van der Waals surface area contributed by atoms with Gasteiger partial charge in [0.05, 0.1) is 23.4 Å². The van der Waals surface area contributed by atoms with Crippen molar-refractivity contribution in [3.8, 4) is 16.9 Å². The Kier molecular flexibility index (Phi) is 4.97. The molecule has 3 aromatic rings. The Labute approximate surface area is 159 Å². The number of hydrogen-bond acceptors (Lipinski definition) is 5. The standard InChI is InChI=1S/C20H22N2O4S/c1-13-6-7-16(12-19(13)20-14(2)21-26-15(20)3)22(4)27(23,24)18-10-8-17(25-5)9-11-18/h6-12H,1-5H3. The molecule has 0 N–H and O–H groups in total. The zero-order chi connectivity index (χ0) is 19.8. The van der Waals surface area contributed by atoms with Gasteiger partial charge < -0.3 is 9.26 Å². The number of benzene rings is 2. The second kappa shape index (κ2) is 7.08. The predicted molar refractivity (Wildman–Crippen MR) is 105 cm³/mol. The molecule has 0 aliphatic carbocycles. The summed E-state index contributed by atoms with van der Waals surface area (Å²) in [7, 11) is -0.614. The lowest BCUT2D eigenvalue weighted by Gasteiger charge is -2.21. The van der Waals surface area contributed by atoms with Gasteiger partial charge in [-0.3, -0.25) is 4.31 Å². The molecule has 2 aromatic carbocycles. The number of sulfonamides is 1. The SMILES string of the molecule is COc1ccc(S(=O)(=O)N(C)c2ccc(C)c(-c3c(C)noc3C)c2)cc1. The average molecular weight is 386 g/mol. The number of ether oxygens (including phenoxy) is 1. The average Bonchev–Trinajstić information content (AvgIpc) is 3.00. The fraction of sp³-hybridized carbons (Fsp3) is 0.250. The second-order valence-corrected chi connectivity index (χ2v) is 8.32. The lowest BCUT2D eigenvalue weighted by molar-refractivity contribution is 0.393. The molecule has 0 fully saturated rings. The van der Waals surface area contributed by atoms with Crippen molar-refractivity contribution in [2.24, 2.45) is 0 Å². The summed E-state index contributed by atoms with van der Waals surface area (Å²) in [6.07, 6.45) is 0. The van der Waals surface area contributed by atoms with Gasteiger partial charge in [0.25, 0.3) is 10.0 Å². The Bertz CT molecular complexity index is 1050. The molecule has 1 aromatic heterocycles. The summed E-state index contributed by atoms with van der Waals surface area (Å²) in [4.78, 5) is 0.199. The van der Waals surface area contributed by atoms with Crippen molar-refractivity contribution in [1.82, 2.24) is 5.16 Å². The molecule has 7 heteroatoms. The van der Waals surface area contributed by atoms with Crippen LogP contribution in [-0.4, -0.2) is 27.7 Å². The Hall–Kier alpha value is -2.80. The Balaban J connectivity index is 2.04. The fourth-order valence-electron chi connectivity index (χ4n) is 2.99. The zero-order valence-corrected chi connectivity index (χ0v) is 16.8. The molecule has 27 heavy (non-hydrogen) atoms. The molecule has 0 bridgehead atoms. The van der Waals surface area contributed by atoms with E-state index in [0.29, 0.717) is 17.2 Å². The van der Waals surface area contributed by atoms with E-state index in [9.17, 15) is 8.42 Å². The maximum Gasteiger partial charge on any atom is 0.264 e. The smallest absolute Gasteiger partial charge is 0.264 e. The van der Waals surface area contributed by atoms with E-state index in [-0.39, 0.29) is 4.90 Å². The number of hydrogen-bond donors (Lipinski definition) is 0. The van der Waals surface area contributed by atoms with Crippen LogP contribution in [0.15, 0.2) is 51.9 Å². The summed E-state index contributed by atoms with van der Waals surface area (Å²) < 4.78 is 37.6. The van der Waals surface area contributed by atoms with Crippen LogP contribution in [0.3, 0.4) is 0 Å². The summed E-state index contributed by atoms with van der Waals surface area (Å²) in [5, 5.41) is 4.00. The Morgan fingerprint density at radius 3 is 2.26 bits per heavy atom. The van der Waals surface area contributed by atoms with Crippen molar-refractivity contribution >= 4 is 15.7 Å². The number of rotatable bonds is 5. The Morgan fingerprint density at radius 1 is 1.04 bits per heavy atom. The van der Waals surface area contributed by atoms with E-state index in [1.807, 2.05) is 32.9 Å². The van der Waals surface area contributed by atoms with Gasteiger partial charge in [-0.2, -0.15) is 0 Å². The van der Waals surface area contributed by atoms with Crippen molar-refractivity contribution in [3.63, 3.8) is 0 Å². The first-order valence-corrected chi connectivity index (χ1v) is 9.86. The van der Waals surface area contributed by atoms with Crippen LogP contribution in [0, 0.1) is 20.8 Å². The van der Waals surface area contributed by atoms with Gasteiger partial charge in [-0.1, -0.05) is 11.2 Å². The summed E-state index contributed by atoms with van der Waals surface area (Å²) >= 11 is 0. The highest BCUT2D eigenvalue weighted by molar-refractivity contribution is 7.92. The maximum absolute atomic E-state index is 13.0.